The van der Waals surface area contributed by atoms with Crippen molar-refractivity contribution < 1.29 is 14.0 Å². The largest absolute Gasteiger partial charge is 0.408 e. The molecule has 2 aliphatic heterocycles. The first-order valence-electron chi connectivity index (χ1n) is 9.40. The minimum Gasteiger partial charge on any atom is -0.408 e. The van der Waals surface area contributed by atoms with Crippen LogP contribution in [0.2, 0.25) is 0 Å². The third-order valence-electron chi connectivity index (χ3n) is 5.15. The van der Waals surface area contributed by atoms with Crippen LogP contribution in [0.25, 0.3) is 0 Å². The molecule has 0 saturated carbocycles. The molecule has 0 N–H and O–H groups in total. The van der Waals surface area contributed by atoms with Gasteiger partial charge in [0.1, 0.15) is 6.04 Å². The fourth-order valence-electron chi connectivity index (χ4n) is 3.67. The Bertz CT molecular complexity index is 814. The van der Waals surface area contributed by atoms with Gasteiger partial charge in [-0.25, -0.2) is 0 Å². The highest BCUT2D eigenvalue weighted by molar-refractivity contribution is 6.03. The molecule has 2 amide bonds. The van der Waals surface area contributed by atoms with Gasteiger partial charge in [0.05, 0.1) is 0 Å². The summed E-state index contributed by atoms with van der Waals surface area (Å²) in [7, 11) is 0. The van der Waals surface area contributed by atoms with Gasteiger partial charge in [0.2, 0.25) is 17.7 Å². The molecule has 4 rings (SSSR count). The molecule has 0 bridgehead atoms. The lowest BCUT2D eigenvalue weighted by Gasteiger charge is -2.36. The van der Waals surface area contributed by atoms with Crippen molar-refractivity contribution in [3.63, 3.8) is 0 Å². The molecular weight excluding hydrogens is 346 g/mol. The average molecular weight is 369 g/mol. The Hall–Kier alpha value is -2.90. The quantitative estimate of drug-likeness (QED) is 0.812. The van der Waals surface area contributed by atoms with Crippen LogP contribution in [0.15, 0.2) is 34.7 Å². The van der Waals surface area contributed by atoms with Crippen molar-refractivity contribution >= 4 is 23.5 Å². The summed E-state index contributed by atoms with van der Waals surface area (Å²) in [5.74, 6) is 0.645. The summed E-state index contributed by atoms with van der Waals surface area (Å²) in [6, 6.07) is 9.53. The molecule has 0 radical (unpaired) electrons. The number of carbonyl (C=O) groups excluding carboxylic acids is 2. The van der Waals surface area contributed by atoms with E-state index in [1.54, 1.807) is 4.90 Å². The third kappa shape index (κ3) is 3.39. The number of hydrogen-bond donors (Lipinski definition) is 0. The number of aryl methyl sites for hydroxylation is 1. The maximum absolute atomic E-state index is 13.1. The number of para-hydroxylation sites is 1. The molecule has 3 heterocycles. The molecule has 2 fully saturated rings. The van der Waals surface area contributed by atoms with E-state index in [2.05, 4.69) is 10.2 Å². The predicted octanol–water partition coefficient (Wildman–Crippen LogP) is 1.48. The Balaban J connectivity index is 1.42. The zero-order valence-electron chi connectivity index (χ0n) is 15.4. The molecule has 1 atom stereocenters. The molecule has 27 heavy (non-hydrogen) atoms. The summed E-state index contributed by atoms with van der Waals surface area (Å²) in [6.07, 6.45) is 1.68. The van der Waals surface area contributed by atoms with Gasteiger partial charge in [-0.05, 0) is 18.6 Å². The van der Waals surface area contributed by atoms with E-state index in [0.717, 1.165) is 5.69 Å². The van der Waals surface area contributed by atoms with Crippen LogP contribution in [-0.4, -0.2) is 59.1 Å². The van der Waals surface area contributed by atoms with Gasteiger partial charge in [-0.15, -0.1) is 5.10 Å². The standard InChI is InChI=1S/C19H23N5O3/c1-2-16-20-21-19(27-16)23-12-10-22(11-13-23)18(26)15-8-9-17(25)24(15)14-6-4-3-5-7-14/h3-7,15H,2,8-13H2,1H3. The van der Waals surface area contributed by atoms with Gasteiger partial charge < -0.3 is 14.2 Å². The summed E-state index contributed by atoms with van der Waals surface area (Å²) in [6.45, 7) is 4.41. The van der Waals surface area contributed by atoms with Crippen molar-refractivity contribution in [2.45, 2.75) is 32.2 Å². The first-order chi connectivity index (χ1) is 13.2. The van der Waals surface area contributed by atoms with E-state index in [0.29, 0.717) is 57.3 Å². The number of anilines is 2. The van der Waals surface area contributed by atoms with E-state index >= 15 is 0 Å². The van der Waals surface area contributed by atoms with E-state index in [-0.39, 0.29) is 11.8 Å². The lowest BCUT2D eigenvalue weighted by molar-refractivity contribution is -0.133. The molecular formula is C19H23N5O3. The number of piperazine rings is 1. The highest BCUT2D eigenvalue weighted by Gasteiger charge is 2.39. The van der Waals surface area contributed by atoms with Crippen LogP contribution in [0.5, 0.6) is 0 Å². The molecule has 0 aliphatic carbocycles. The molecule has 1 aromatic heterocycles. The second kappa shape index (κ2) is 7.38. The molecule has 0 spiro atoms. The topological polar surface area (TPSA) is 82.8 Å². The molecule has 1 unspecified atom stereocenters. The molecule has 8 heteroatoms. The first kappa shape index (κ1) is 17.5. The minimum atomic E-state index is -0.415. The molecule has 2 saturated heterocycles. The second-order valence-electron chi connectivity index (χ2n) is 6.80. The molecule has 2 aliphatic rings. The van der Waals surface area contributed by atoms with Crippen LogP contribution in [0, 0.1) is 0 Å². The zero-order chi connectivity index (χ0) is 18.8. The smallest absolute Gasteiger partial charge is 0.318 e. The fourth-order valence-corrected chi connectivity index (χ4v) is 3.67. The van der Waals surface area contributed by atoms with E-state index < -0.39 is 6.04 Å². The highest BCUT2D eigenvalue weighted by Crippen LogP contribution is 2.28. The van der Waals surface area contributed by atoms with Crippen molar-refractivity contribution in [3.8, 4) is 0 Å². The van der Waals surface area contributed by atoms with E-state index in [4.69, 9.17) is 4.42 Å². The van der Waals surface area contributed by atoms with Crippen molar-refractivity contribution in [2.24, 2.45) is 0 Å². The average Bonchev–Trinajstić information content (AvgIpc) is 3.35. The highest BCUT2D eigenvalue weighted by atomic mass is 16.4. The van der Waals surface area contributed by atoms with Crippen LogP contribution in [0.3, 0.4) is 0 Å². The van der Waals surface area contributed by atoms with Gasteiger partial charge in [-0.3, -0.25) is 14.5 Å². The Morgan fingerprint density at radius 2 is 1.89 bits per heavy atom. The number of benzene rings is 1. The normalized spacial score (nSPS) is 20.4. The maximum Gasteiger partial charge on any atom is 0.318 e. The lowest BCUT2D eigenvalue weighted by Crippen LogP contribution is -2.54. The predicted molar refractivity (Wildman–Crippen MR) is 99.4 cm³/mol. The SMILES string of the molecule is CCc1nnc(N2CCN(C(=O)C3CCC(=O)N3c3ccccc3)CC2)o1. The number of rotatable bonds is 4. The minimum absolute atomic E-state index is 0.0103. The summed E-state index contributed by atoms with van der Waals surface area (Å²) in [4.78, 5) is 30.9. The van der Waals surface area contributed by atoms with Crippen molar-refractivity contribution in [2.75, 3.05) is 36.0 Å². The van der Waals surface area contributed by atoms with Crippen LogP contribution in [0.1, 0.15) is 25.7 Å². The summed E-state index contributed by atoms with van der Waals surface area (Å²) >= 11 is 0. The third-order valence-corrected chi connectivity index (χ3v) is 5.15. The Kier molecular flexibility index (Phi) is 4.79. The molecule has 142 valence electrons. The Morgan fingerprint density at radius 3 is 2.56 bits per heavy atom. The molecule has 1 aromatic carbocycles. The summed E-state index contributed by atoms with van der Waals surface area (Å²) in [5.41, 5.74) is 0.787. The van der Waals surface area contributed by atoms with E-state index in [1.807, 2.05) is 47.1 Å². The van der Waals surface area contributed by atoms with Crippen molar-refractivity contribution in [1.82, 2.24) is 15.1 Å². The van der Waals surface area contributed by atoms with Gasteiger partial charge in [0.15, 0.2) is 0 Å². The van der Waals surface area contributed by atoms with Gasteiger partial charge in [0.25, 0.3) is 0 Å². The maximum atomic E-state index is 13.1. The van der Waals surface area contributed by atoms with Crippen LogP contribution < -0.4 is 9.80 Å². The van der Waals surface area contributed by atoms with E-state index in [9.17, 15) is 9.59 Å². The van der Waals surface area contributed by atoms with Gasteiger partial charge in [0, 0.05) is 44.7 Å². The van der Waals surface area contributed by atoms with Crippen molar-refractivity contribution in [1.29, 1.82) is 0 Å². The number of hydrogen-bond acceptors (Lipinski definition) is 6. The van der Waals surface area contributed by atoms with Gasteiger partial charge >= 0.3 is 6.01 Å². The summed E-state index contributed by atoms with van der Waals surface area (Å²) < 4.78 is 5.60. The van der Waals surface area contributed by atoms with Crippen molar-refractivity contribution in [3.05, 3.63) is 36.2 Å². The first-order valence-corrected chi connectivity index (χ1v) is 9.40. The molecule has 2 aromatic rings. The lowest BCUT2D eigenvalue weighted by atomic mass is 10.1. The summed E-state index contributed by atoms with van der Waals surface area (Å²) in [5, 5.41) is 8.07. The monoisotopic (exact) mass is 369 g/mol. The number of carbonyl (C=O) groups is 2. The second-order valence-corrected chi connectivity index (χ2v) is 6.80. The molecule has 8 nitrogen and oxygen atoms in total. The zero-order valence-corrected chi connectivity index (χ0v) is 15.4. The Morgan fingerprint density at radius 1 is 1.15 bits per heavy atom. The van der Waals surface area contributed by atoms with Crippen LogP contribution in [-0.2, 0) is 16.0 Å². The van der Waals surface area contributed by atoms with Crippen LogP contribution >= 0.6 is 0 Å². The number of aromatic nitrogens is 2. The number of nitrogens with zero attached hydrogens (tertiary/aromatic N) is 5. The Labute approximate surface area is 157 Å². The van der Waals surface area contributed by atoms with Gasteiger partial charge in [-0.1, -0.05) is 30.2 Å². The number of amides is 2. The van der Waals surface area contributed by atoms with E-state index in [1.165, 1.54) is 0 Å². The fraction of sp³-hybridized carbons (Fsp3) is 0.474. The van der Waals surface area contributed by atoms with Crippen LogP contribution in [0.4, 0.5) is 11.7 Å². The van der Waals surface area contributed by atoms with Gasteiger partial charge in [-0.2, -0.15) is 0 Å².